The summed E-state index contributed by atoms with van der Waals surface area (Å²) in [5, 5.41) is 12.9. The van der Waals surface area contributed by atoms with Crippen LogP contribution in [0.3, 0.4) is 0 Å². The summed E-state index contributed by atoms with van der Waals surface area (Å²) in [6.45, 7) is 2.84. The second kappa shape index (κ2) is 17.5. The molecule has 1 amide bonds. The molecule has 3 heteroatoms. The molecule has 2 N–H and O–H groups in total. The quantitative estimate of drug-likeness (QED) is 0.243. The lowest BCUT2D eigenvalue weighted by Gasteiger charge is -2.07. The average Bonchev–Trinajstić information content (AvgIpc) is 2.72. The number of carbonyl (C=O) groups excluding carboxylic acids is 1. The first-order valence-electron chi connectivity index (χ1n) is 11.4. The Bertz CT molecular complexity index is 513. The minimum atomic E-state index is -0.166. The van der Waals surface area contributed by atoms with Crippen LogP contribution in [0.4, 0.5) is 0 Å². The molecule has 0 aliphatic carbocycles. The molecule has 0 spiro atoms. The monoisotopic (exact) mass is 387 g/mol. The molecule has 0 aromatic heterocycles. The normalized spacial score (nSPS) is 12.4. The van der Waals surface area contributed by atoms with E-state index < -0.39 is 0 Å². The van der Waals surface area contributed by atoms with E-state index in [0.717, 1.165) is 44.1 Å². The van der Waals surface area contributed by atoms with Gasteiger partial charge in [-0.2, -0.15) is 0 Å². The molecule has 158 valence electrons. The number of hydrogen-bond donors (Lipinski definition) is 2. The molecule has 1 aromatic rings. The van der Waals surface area contributed by atoms with Crippen LogP contribution in [0.15, 0.2) is 42.5 Å². The van der Waals surface area contributed by atoms with E-state index in [2.05, 4.69) is 24.4 Å². The number of allylic oxidation sites excluding steroid dienone is 1. The van der Waals surface area contributed by atoms with Crippen LogP contribution in [-0.2, 0) is 11.3 Å². The standard InChI is InChI=1S/C25H41NO2/c1-2-3-4-14-19-24(27)20-15-9-7-5-6-8-10-16-21-25(28)26-22-23-17-12-11-13-18-23/h9,11-13,15,17-18,24,27H,2-8,10,14,16,19-22H2,1H3,(H,26,28)/b15-9-/t24-/m1/s1. The van der Waals surface area contributed by atoms with Crippen molar-refractivity contribution < 1.29 is 9.90 Å². The maximum Gasteiger partial charge on any atom is 0.220 e. The predicted octanol–water partition coefficient (Wildman–Crippen LogP) is 6.31. The van der Waals surface area contributed by atoms with Gasteiger partial charge in [0.25, 0.3) is 0 Å². The number of rotatable bonds is 17. The third-order valence-corrected chi connectivity index (χ3v) is 5.07. The number of amides is 1. The third-order valence-electron chi connectivity index (χ3n) is 5.07. The predicted molar refractivity (Wildman–Crippen MR) is 119 cm³/mol. The lowest BCUT2D eigenvalue weighted by atomic mass is 10.1. The molecule has 0 fully saturated rings. The average molecular weight is 388 g/mol. The molecule has 0 saturated heterocycles. The van der Waals surface area contributed by atoms with Gasteiger partial charge in [-0.25, -0.2) is 0 Å². The van der Waals surface area contributed by atoms with E-state index in [4.69, 9.17) is 0 Å². The van der Waals surface area contributed by atoms with Crippen LogP contribution >= 0.6 is 0 Å². The smallest absolute Gasteiger partial charge is 0.220 e. The summed E-state index contributed by atoms with van der Waals surface area (Å²) in [5.74, 6) is 0.153. The Morgan fingerprint density at radius 1 is 0.964 bits per heavy atom. The van der Waals surface area contributed by atoms with E-state index in [1.165, 1.54) is 38.5 Å². The fourth-order valence-corrected chi connectivity index (χ4v) is 3.26. The topological polar surface area (TPSA) is 49.3 Å². The molecule has 28 heavy (non-hydrogen) atoms. The molecule has 0 aliphatic heterocycles. The highest BCUT2D eigenvalue weighted by molar-refractivity contribution is 5.75. The summed E-state index contributed by atoms with van der Waals surface area (Å²) >= 11 is 0. The maximum absolute atomic E-state index is 11.8. The molecule has 1 atom stereocenters. The van der Waals surface area contributed by atoms with Crippen molar-refractivity contribution in [1.29, 1.82) is 0 Å². The zero-order valence-corrected chi connectivity index (χ0v) is 17.9. The Morgan fingerprint density at radius 3 is 2.46 bits per heavy atom. The van der Waals surface area contributed by atoms with Gasteiger partial charge in [0, 0.05) is 13.0 Å². The number of hydrogen-bond acceptors (Lipinski definition) is 2. The first kappa shape index (κ1) is 24.4. The molecule has 0 radical (unpaired) electrons. The van der Waals surface area contributed by atoms with E-state index >= 15 is 0 Å². The van der Waals surface area contributed by atoms with Crippen LogP contribution in [0.2, 0.25) is 0 Å². The van der Waals surface area contributed by atoms with Crippen LogP contribution in [0.25, 0.3) is 0 Å². The zero-order valence-electron chi connectivity index (χ0n) is 17.9. The van der Waals surface area contributed by atoms with Crippen molar-refractivity contribution in [2.75, 3.05) is 0 Å². The molecule has 1 rings (SSSR count). The van der Waals surface area contributed by atoms with E-state index in [0.29, 0.717) is 13.0 Å². The lowest BCUT2D eigenvalue weighted by Crippen LogP contribution is -2.22. The third kappa shape index (κ3) is 14.4. The summed E-state index contributed by atoms with van der Waals surface area (Å²) < 4.78 is 0. The summed E-state index contributed by atoms with van der Waals surface area (Å²) in [6, 6.07) is 10.0. The molecular weight excluding hydrogens is 346 g/mol. The number of unbranched alkanes of at least 4 members (excludes halogenated alkanes) is 8. The minimum absolute atomic E-state index is 0.153. The Hall–Kier alpha value is -1.61. The number of aliphatic hydroxyl groups excluding tert-OH is 1. The molecular formula is C25H41NO2. The Labute approximate surface area is 172 Å². The first-order chi connectivity index (χ1) is 13.7. The lowest BCUT2D eigenvalue weighted by molar-refractivity contribution is -0.121. The van der Waals surface area contributed by atoms with Crippen molar-refractivity contribution in [1.82, 2.24) is 5.32 Å². The van der Waals surface area contributed by atoms with E-state index in [1.54, 1.807) is 0 Å². The van der Waals surface area contributed by atoms with Crippen LogP contribution in [0, 0.1) is 0 Å². The summed E-state index contributed by atoms with van der Waals surface area (Å²) in [5.41, 5.74) is 1.15. The number of carbonyl (C=O) groups is 1. The van der Waals surface area contributed by atoms with Crippen LogP contribution in [0.5, 0.6) is 0 Å². The molecule has 1 aromatic carbocycles. The highest BCUT2D eigenvalue weighted by Crippen LogP contribution is 2.10. The van der Waals surface area contributed by atoms with Crippen LogP contribution in [0.1, 0.15) is 96.0 Å². The van der Waals surface area contributed by atoms with Crippen molar-refractivity contribution in [2.45, 2.75) is 103 Å². The summed E-state index contributed by atoms with van der Waals surface area (Å²) in [6.07, 6.45) is 18.3. The van der Waals surface area contributed by atoms with Crippen LogP contribution in [-0.4, -0.2) is 17.1 Å². The first-order valence-corrected chi connectivity index (χ1v) is 11.4. The van der Waals surface area contributed by atoms with Crippen molar-refractivity contribution in [3.63, 3.8) is 0 Å². The summed E-state index contributed by atoms with van der Waals surface area (Å²) in [4.78, 5) is 11.8. The van der Waals surface area contributed by atoms with Gasteiger partial charge in [0.2, 0.25) is 5.91 Å². The van der Waals surface area contributed by atoms with Crippen molar-refractivity contribution in [2.24, 2.45) is 0 Å². The van der Waals surface area contributed by atoms with Gasteiger partial charge < -0.3 is 10.4 Å². The van der Waals surface area contributed by atoms with Gasteiger partial charge in [-0.1, -0.05) is 94.4 Å². The van der Waals surface area contributed by atoms with Gasteiger partial charge in [0.05, 0.1) is 6.10 Å². The SMILES string of the molecule is CCCCCC[C@@H](O)C/C=C\CCCCCCCC(=O)NCc1ccccc1. The summed E-state index contributed by atoms with van der Waals surface area (Å²) in [7, 11) is 0. The Balaban J connectivity index is 1.87. The van der Waals surface area contributed by atoms with Crippen molar-refractivity contribution in [3.05, 3.63) is 48.0 Å². The second-order valence-electron chi connectivity index (χ2n) is 7.78. The Kier molecular flexibility index (Phi) is 15.3. The fourth-order valence-electron chi connectivity index (χ4n) is 3.26. The van der Waals surface area contributed by atoms with E-state index in [-0.39, 0.29) is 12.0 Å². The number of aliphatic hydroxyl groups is 1. The fraction of sp³-hybridized carbons (Fsp3) is 0.640. The largest absolute Gasteiger partial charge is 0.393 e. The van der Waals surface area contributed by atoms with Gasteiger partial charge in [-0.3, -0.25) is 4.79 Å². The molecule has 0 heterocycles. The number of nitrogens with one attached hydrogen (secondary N) is 1. The van der Waals surface area contributed by atoms with Gasteiger partial charge in [-0.05, 0) is 37.7 Å². The highest BCUT2D eigenvalue weighted by Gasteiger charge is 2.02. The second-order valence-corrected chi connectivity index (χ2v) is 7.78. The maximum atomic E-state index is 11.8. The van der Waals surface area contributed by atoms with Crippen molar-refractivity contribution >= 4 is 5.91 Å². The molecule has 0 bridgehead atoms. The van der Waals surface area contributed by atoms with E-state index in [9.17, 15) is 9.90 Å². The molecule has 0 aliphatic rings. The van der Waals surface area contributed by atoms with Gasteiger partial charge >= 0.3 is 0 Å². The molecule has 3 nitrogen and oxygen atoms in total. The number of benzene rings is 1. The zero-order chi connectivity index (χ0) is 20.3. The highest BCUT2D eigenvalue weighted by atomic mass is 16.3. The van der Waals surface area contributed by atoms with Gasteiger partial charge in [0.15, 0.2) is 0 Å². The minimum Gasteiger partial charge on any atom is -0.393 e. The van der Waals surface area contributed by atoms with Gasteiger partial charge in [0.1, 0.15) is 0 Å². The van der Waals surface area contributed by atoms with Crippen molar-refractivity contribution in [3.8, 4) is 0 Å². The Morgan fingerprint density at radius 2 is 1.68 bits per heavy atom. The van der Waals surface area contributed by atoms with Crippen LogP contribution < -0.4 is 5.32 Å². The molecule has 0 unspecified atom stereocenters. The van der Waals surface area contributed by atoms with E-state index in [1.807, 2.05) is 30.3 Å². The van der Waals surface area contributed by atoms with Gasteiger partial charge in [-0.15, -0.1) is 0 Å². The molecule has 0 saturated carbocycles.